The minimum Gasteiger partial charge on any atom is -0.480 e. The van der Waals surface area contributed by atoms with Gasteiger partial charge in [-0.15, -0.1) is 11.3 Å². The van der Waals surface area contributed by atoms with Gasteiger partial charge in [-0.05, 0) is 18.4 Å². The molecule has 4 heteroatoms. The molecule has 1 aromatic heterocycles. The first-order valence-electron chi connectivity index (χ1n) is 3.35. The van der Waals surface area contributed by atoms with Crippen LogP contribution in [0.15, 0.2) is 17.5 Å². The molecule has 0 fully saturated rings. The van der Waals surface area contributed by atoms with Gasteiger partial charge in [0.25, 0.3) is 0 Å². The number of carbonyl (C=O) groups excluding carboxylic acids is 1. The second kappa shape index (κ2) is 3.06. The lowest BCUT2D eigenvalue weighted by Crippen LogP contribution is -2.32. The quantitative estimate of drug-likeness (QED) is 0.569. The Morgan fingerprint density at radius 1 is 1.75 bits per heavy atom. The van der Waals surface area contributed by atoms with Crippen LogP contribution in [0.2, 0.25) is 0 Å². The molecule has 1 atom stereocenters. The van der Waals surface area contributed by atoms with Crippen molar-refractivity contribution in [3.63, 3.8) is 0 Å². The van der Waals surface area contributed by atoms with E-state index in [4.69, 9.17) is 5.11 Å². The number of carbonyl (C=O) groups is 2. The first-order chi connectivity index (χ1) is 5.61. The van der Waals surface area contributed by atoms with Crippen molar-refractivity contribution in [2.24, 2.45) is 0 Å². The number of aliphatic carboxylic acids is 1. The van der Waals surface area contributed by atoms with Crippen LogP contribution in [-0.2, 0) is 15.0 Å². The van der Waals surface area contributed by atoms with Crippen LogP contribution in [0.25, 0.3) is 0 Å². The maximum absolute atomic E-state index is 10.7. The van der Waals surface area contributed by atoms with E-state index in [2.05, 4.69) is 0 Å². The highest BCUT2D eigenvalue weighted by Gasteiger charge is 2.35. The van der Waals surface area contributed by atoms with Gasteiger partial charge in [-0.1, -0.05) is 6.07 Å². The van der Waals surface area contributed by atoms with Gasteiger partial charge in [0.15, 0.2) is 5.41 Å². The third kappa shape index (κ3) is 1.25. The van der Waals surface area contributed by atoms with E-state index in [1.54, 1.807) is 17.5 Å². The van der Waals surface area contributed by atoms with Gasteiger partial charge in [-0.2, -0.15) is 0 Å². The fraction of sp³-hybridized carbons (Fsp3) is 0.250. The van der Waals surface area contributed by atoms with Gasteiger partial charge in [0.1, 0.15) is 6.29 Å². The van der Waals surface area contributed by atoms with E-state index in [9.17, 15) is 9.59 Å². The number of carboxylic acid groups (broad SMARTS) is 1. The lowest BCUT2D eigenvalue weighted by Gasteiger charge is -2.14. The molecule has 1 unspecified atom stereocenters. The van der Waals surface area contributed by atoms with Crippen LogP contribution in [0.3, 0.4) is 0 Å². The van der Waals surface area contributed by atoms with Gasteiger partial charge in [0, 0.05) is 4.88 Å². The van der Waals surface area contributed by atoms with Crippen LogP contribution >= 0.6 is 11.3 Å². The van der Waals surface area contributed by atoms with Crippen molar-refractivity contribution >= 4 is 23.6 Å². The molecule has 0 aliphatic rings. The van der Waals surface area contributed by atoms with E-state index >= 15 is 0 Å². The number of carboxylic acids is 1. The lowest BCUT2D eigenvalue weighted by molar-refractivity contribution is -0.144. The molecule has 0 spiro atoms. The van der Waals surface area contributed by atoms with E-state index in [0.29, 0.717) is 11.2 Å². The Bertz CT molecular complexity index is 291. The Kier molecular flexibility index (Phi) is 2.28. The van der Waals surface area contributed by atoms with E-state index in [1.165, 1.54) is 18.3 Å². The molecule has 64 valence electrons. The molecular weight excluding hydrogens is 176 g/mol. The summed E-state index contributed by atoms with van der Waals surface area (Å²) in [6, 6.07) is 3.37. The van der Waals surface area contributed by atoms with Crippen molar-refractivity contribution < 1.29 is 14.7 Å². The molecule has 12 heavy (non-hydrogen) atoms. The first-order valence-corrected chi connectivity index (χ1v) is 4.23. The van der Waals surface area contributed by atoms with Crippen molar-refractivity contribution in [2.45, 2.75) is 12.3 Å². The highest BCUT2D eigenvalue weighted by Crippen LogP contribution is 2.25. The van der Waals surface area contributed by atoms with E-state index in [1.807, 2.05) is 0 Å². The maximum Gasteiger partial charge on any atom is 0.321 e. The van der Waals surface area contributed by atoms with E-state index < -0.39 is 11.4 Å². The van der Waals surface area contributed by atoms with Gasteiger partial charge < -0.3 is 9.90 Å². The Morgan fingerprint density at radius 3 is 2.75 bits per heavy atom. The van der Waals surface area contributed by atoms with Crippen molar-refractivity contribution in [1.29, 1.82) is 0 Å². The van der Waals surface area contributed by atoms with Gasteiger partial charge in [-0.3, -0.25) is 4.79 Å². The molecule has 0 aromatic carbocycles. The third-order valence-electron chi connectivity index (χ3n) is 1.71. The van der Waals surface area contributed by atoms with Crippen molar-refractivity contribution in [1.82, 2.24) is 0 Å². The molecule has 0 aliphatic carbocycles. The molecule has 1 rings (SSSR count). The molecule has 1 heterocycles. The zero-order valence-corrected chi connectivity index (χ0v) is 7.30. The van der Waals surface area contributed by atoms with Crippen LogP contribution in [0, 0.1) is 0 Å². The monoisotopic (exact) mass is 184 g/mol. The molecule has 0 amide bonds. The van der Waals surface area contributed by atoms with Gasteiger partial charge >= 0.3 is 5.97 Å². The smallest absolute Gasteiger partial charge is 0.321 e. The minimum absolute atomic E-state index is 0.459. The van der Waals surface area contributed by atoms with Crippen molar-refractivity contribution in [3.8, 4) is 0 Å². The third-order valence-corrected chi connectivity index (χ3v) is 2.82. The van der Waals surface area contributed by atoms with E-state index in [-0.39, 0.29) is 0 Å². The van der Waals surface area contributed by atoms with Gasteiger partial charge in [-0.25, -0.2) is 0 Å². The van der Waals surface area contributed by atoms with Gasteiger partial charge in [0.05, 0.1) is 0 Å². The molecule has 3 nitrogen and oxygen atoms in total. The number of hydrogen-bond acceptors (Lipinski definition) is 3. The lowest BCUT2D eigenvalue weighted by atomic mass is 9.91. The fourth-order valence-corrected chi connectivity index (χ4v) is 1.63. The highest BCUT2D eigenvalue weighted by atomic mass is 32.1. The first kappa shape index (κ1) is 8.93. The predicted octanol–water partition coefficient (Wildman–Crippen LogP) is 1.29. The van der Waals surface area contributed by atoms with Crippen LogP contribution in [-0.4, -0.2) is 17.4 Å². The molecule has 0 saturated heterocycles. The Hall–Kier alpha value is -1.16. The van der Waals surface area contributed by atoms with Crippen molar-refractivity contribution in [3.05, 3.63) is 22.4 Å². The summed E-state index contributed by atoms with van der Waals surface area (Å²) >= 11 is 1.27. The molecular formula is C8H8O3S. The summed E-state index contributed by atoms with van der Waals surface area (Å²) in [6.07, 6.45) is 0.459. The minimum atomic E-state index is -1.38. The van der Waals surface area contributed by atoms with Crippen LogP contribution in [0.5, 0.6) is 0 Å². The van der Waals surface area contributed by atoms with Crippen LogP contribution in [0.1, 0.15) is 11.8 Å². The number of hydrogen-bond donors (Lipinski definition) is 1. The number of rotatable bonds is 3. The largest absolute Gasteiger partial charge is 0.480 e. The summed E-state index contributed by atoms with van der Waals surface area (Å²) in [5.74, 6) is -1.11. The summed E-state index contributed by atoms with van der Waals surface area (Å²) in [5.41, 5.74) is -1.38. The highest BCUT2D eigenvalue weighted by molar-refractivity contribution is 7.10. The number of thiophene rings is 1. The van der Waals surface area contributed by atoms with Crippen LogP contribution in [0.4, 0.5) is 0 Å². The second-order valence-electron chi connectivity index (χ2n) is 2.60. The topological polar surface area (TPSA) is 54.4 Å². The molecule has 1 N–H and O–H groups in total. The molecule has 0 aliphatic heterocycles. The SMILES string of the molecule is CC(C=O)(C(=O)O)c1cccs1. The van der Waals surface area contributed by atoms with Gasteiger partial charge in [0.2, 0.25) is 0 Å². The standard InChI is InChI=1S/C8H8O3S/c1-8(5-9,7(10)11)6-3-2-4-12-6/h2-5H,1H3,(H,10,11). The average molecular weight is 184 g/mol. The molecule has 0 saturated carbocycles. The fourth-order valence-electron chi connectivity index (χ4n) is 0.788. The zero-order chi connectivity index (χ0) is 9.19. The summed E-state index contributed by atoms with van der Waals surface area (Å²) < 4.78 is 0. The average Bonchev–Trinajstić information content (AvgIpc) is 2.54. The predicted molar refractivity (Wildman–Crippen MR) is 45.4 cm³/mol. The normalized spacial score (nSPS) is 15.1. The Balaban J connectivity index is 3.12. The van der Waals surface area contributed by atoms with Crippen LogP contribution < -0.4 is 0 Å². The summed E-state index contributed by atoms with van der Waals surface area (Å²) in [7, 11) is 0. The van der Waals surface area contributed by atoms with E-state index in [0.717, 1.165) is 0 Å². The summed E-state index contributed by atoms with van der Waals surface area (Å²) in [6.45, 7) is 1.40. The maximum atomic E-state index is 10.7. The molecule has 0 bridgehead atoms. The second-order valence-corrected chi connectivity index (χ2v) is 3.55. The molecule has 0 radical (unpaired) electrons. The zero-order valence-electron chi connectivity index (χ0n) is 6.48. The Labute approximate surface area is 73.6 Å². The Morgan fingerprint density at radius 2 is 2.42 bits per heavy atom. The van der Waals surface area contributed by atoms with Crippen molar-refractivity contribution in [2.75, 3.05) is 0 Å². The summed E-state index contributed by atoms with van der Waals surface area (Å²) in [4.78, 5) is 21.9. The number of aldehydes is 1. The summed E-state index contributed by atoms with van der Waals surface area (Å²) in [5, 5.41) is 10.5. The molecule has 1 aromatic rings.